The Morgan fingerprint density at radius 1 is 1.04 bits per heavy atom. The van der Waals surface area contributed by atoms with Crippen LogP contribution in [0.2, 0.25) is 0 Å². The van der Waals surface area contributed by atoms with E-state index in [0.29, 0.717) is 16.8 Å². The molecule has 5 nitrogen and oxygen atoms in total. The first-order valence-electron chi connectivity index (χ1n) is 6.64. The minimum absolute atomic E-state index is 0.330. The molecule has 0 saturated carbocycles. The van der Waals surface area contributed by atoms with Gasteiger partial charge in [-0.25, -0.2) is 9.59 Å². The van der Waals surface area contributed by atoms with Crippen molar-refractivity contribution in [1.82, 2.24) is 0 Å². The molecule has 0 N–H and O–H groups in total. The van der Waals surface area contributed by atoms with Gasteiger partial charge in [-0.3, -0.25) is 0 Å². The van der Waals surface area contributed by atoms with Gasteiger partial charge in [0.25, 0.3) is 0 Å². The van der Waals surface area contributed by atoms with Crippen LogP contribution in [0.15, 0.2) is 47.5 Å². The first kappa shape index (κ1) is 16.0. The fourth-order valence-corrected chi connectivity index (χ4v) is 1.84. The highest BCUT2D eigenvalue weighted by Crippen LogP contribution is 2.20. The number of isocyanates is 1. The molecule has 0 aliphatic rings. The van der Waals surface area contributed by atoms with Crippen molar-refractivity contribution in [2.24, 2.45) is 4.99 Å². The number of methoxy groups -OCH3 is 2. The number of benzene rings is 2. The van der Waals surface area contributed by atoms with E-state index < -0.39 is 5.97 Å². The lowest BCUT2D eigenvalue weighted by Gasteiger charge is -2.02. The Hall–Kier alpha value is -3.35. The highest BCUT2D eigenvalue weighted by atomic mass is 16.5. The standard InChI is InChI=1S/C18H13NO4/c1-22-16-8-4-13(5-9-16)3-6-14-11-15(18(21)23-2)7-10-17(14)19-12-20/h4-5,7-11H,1-2H3. The summed E-state index contributed by atoms with van der Waals surface area (Å²) in [6, 6.07) is 11.8. The lowest BCUT2D eigenvalue weighted by atomic mass is 10.1. The number of hydrogen-bond donors (Lipinski definition) is 0. The topological polar surface area (TPSA) is 65.0 Å². The van der Waals surface area contributed by atoms with Crippen LogP contribution < -0.4 is 4.74 Å². The fourth-order valence-electron chi connectivity index (χ4n) is 1.84. The van der Waals surface area contributed by atoms with Crippen molar-refractivity contribution in [3.63, 3.8) is 0 Å². The summed E-state index contributed by atoms with van der Waals surface area (Å²) in [6.45, 7) is 0. The van der Waals surface area contributed by atoms with E-state index in [0.717, 1.165) is 11.3 Å². The van der Waals surface area contributed by atoms with Crippen LogP contribution in [0.25, 0.3) is 0 Å². The number of esters is 1. The van der Waals surface area contributed by atoms with Crippen LogP contribution in [0, 0.1) is 11.8 Å². The number of ether oxygens (including phenoxy) is 2. The molecule has 0 unspecified atom stereocenters. The molecule has 0 heterocycles. The molecule has 0 aliphatic carbocycles. The van der Waals surface area contributed by atoms with Crippen molar-refractivity contribution in [3.05, 3.63) is 59.2 Å². The molecule has 0 fully saturated rings. The highest BCUT2D eigenvalue weighted by Gasteiger charge is 2.08. The summed E-state index contributed by atoms with van der Waals surface area (Å²) >= 11 is 0. The Morgan fingerprint density at radius 2 is 1.78 bits per heavy atom. The molecule has 0 aromatic heterocycles. The van der Waals surface area contributed by atoms with Crippen molar-refractivity contribution in [2.75, 3.05) is 14.2 Å². The van der Waals surface area contributed by atoms with Gasteiger partial charge in [-0.1, -0.05) is 11.8 Å². The normalized spacial score (nSPS) is 9.13. The van der Waals surface area contributed by atoms with Gasteiger partial charge in [0.2, 0.25) is 6.08 Å². The second-order valence-corrected chi connectivity index (χ2v) is 4.41. The zero-order valence-electron chi connectivity index (χ0n) is 12.6. The number of hydrogen-bond acceptors (Lipinski definition) is 5. The SMILES string of the molecule is COC(=O)c1ccc(N=C=O)c(C#Cc2ccc(OC)cc2)c1. The molecular weight excluding hydrogens is 294 g/mol. The van der Waals surface area contributed by atoms with Crippen LogP contribution in [0.4, 0.5) is 5.69 Å². The maximum absolute atomic E-state index is 11.6. The van der Waals surface area contributed by atoms with Gasteiger partial charge in [0, 0.05) is 5.56 Å². The summed E-state index contributed by atoms with van der Waals surface area (Å²) in [4.78, 5) is 25.7. The van der Waals surface area contributed by atoms with Gasteiger partial charge in [0.1, 0.15) is 5.75 Å². The van der Waals surface area contributed by atoms with Crippen molar-refractivity contribution >= 4 is 17.7 Å². The fraction of sp³-hybridized carbons (Fsp3) is 0.111. The maximum atomic E-state index is 11.6. The molecule has 2 aromatic rings. The van der Waals surface area contributed by atoms with E-state index >= 15 is 0 Å². The van der Waals surface area contributed by atoms with Gasteiger partial charge in [0.05, 0.1) is 31.0 Å². The average molecular weight is 307 g/mol. The molecular formula is C18H13NO4. The quantitative estimate of drug-likeness (QED) is 0.378. The van der Waals surface area contributed by atoms with Crippen molar-refractivity contribution in [3.8, 4) is 17.6 Å². The van der Waals surface area contributed by atoms with E-state index in [9.17, 15) is 9.59 Å². The van der Waals surface area contributed by atoms with Gasteiger partial charge in [-0.2, -0.15) is 4.99 Å². The minimum atomic E-state index is -0.487. The van der Waals surface area contributed by atoms with Crippen molar-refractivity contribution in [2.45, 2.75) is 0 Å². The number of carbonyl (C=O) groups excluding carboxylic acids is 2. The predicted molar refractivity (Wildman–Crippen MR) is 84.5 cm³/mol. The Bertz CT molecular complexity index is 822. The molecule has 0 radical (unpaired) electrons. The molecule has 0 saturated heterocycles. The maximum Gasteiger partial charge on any atom is 0.337 e. The zero-order valence-corrected chi connectivity index (χ0v) is 12.6. The molecule has 0 spiro atoms. The second-order valence-electron chi connectivity index (χ2n) is 4.41. The van der Waals surface area contributed by atoms with E-state index in [-0.39, 0.29) is 0 Å². The van der Waals surface area contributed by atoms with Crippen molar-refractivity contribution in [1.29, 1.82) is 0 Å². The third-order valence-electron chi connectivity index (χ3n) is 3.02. The Morgan fingerprint density at radius 3 is 2.39 bits per heavy atom. The number of nitrogens with zero attached hydrogens (tertiary/aromatic N) is 1. The van der Waals surface area contributed by atoms with E-state index in [1.54, 1.807) is 31.4 Å². The van der Waals surface area contributed by atoms with Crippen LogP contribution in [-0.4, -0.2) is 26.3 Å². The van der Waals surface area contributed by atoms with E-state index in [4.69, 9.17) is 4.74 Å². The largest absolute Gasteiger partial charge is 0.497 e. The van der Waals surface area contributed by atoms with Gasteiger partial charge in [-0.15, -0.1) is 0 Å². The molecule has 23 heavy (non-hydrogen) atoms. The monoisotopic (exact) mass is 307 g/mol. The van der Waals surface area contributed by atoms with E-state index in [2.05, 4.69) is 21.6 Å². The number of rotatable bonds is 3. The molecule has 2 aromatic carbocycles. The molecule has 5 heteroatoms. The second kappa shape index (κ2) is 7.60. The molecule has 2 rings (SSSR count). The molecule has 0 atom stereocenters. The van der Waals surface area contributed by atoms with Gasteiger partial charge < -0.3 is 9.47 Å². The van der Waals surface area contributed by atoms with Crippen molar-refractivity contribution < 1.29 is 19.1 Å². The third-order valence-corrected chi connectivity index (χ3v) is 3.02. The van der Waals surface area contributed by atoms with Crippen LogP contribution in [0.1, 0.15) is 21.5 Å². The first-order valence-corrected chi connectivity index (χ1v) is 6.64. The first-order chi connectivity index (χ1) is 11.2. The van der Waals surface area contributed by atoms with Gasteiger partial charge >= 0.3 is 5.97 Å². The molecule has 0 amide bonds. The van der Waals surface area contributed by atoms with Crippen LogP contribution >= 0.6 is 0 Å². The van der Waals surface area contributed by atoms with E-state index in [1.807, 2.05) is 0 Å². The van der Waals surface area contributed by atoms with Crippen LogP contribution in [0.5, 0.6) is 5.75 Å². The number of aliphatic imine (C=N–C) groups is 1. The molecule has 0 bridgehead atoms. The Labute approximate surface area is 133 Å². The number of carbonyl (C=O) groups is 1. The summed E-state index contributed by atoms with van der Waals surface area (Å²) in [7, 11) is 2.88. The summed E-state index contributed by atoms with van der Waals surface area (Å²) in [5, 5.41) is 0. The van der Waals surface area contributed by atoms with Gasteiger partial charge in [-0.05, 0) is 42.5 Å². The predicted octanol–water partition coefficient (Wildman–Crippen LogP) is 2.85. The minimum Gasteiger partial charge on any atom is -0.497 e. The summed E-state index contributed by atoms with van der Waals surface area (Å²) in [5.74, 6) is 6.09. The average Bonchev–Trinajstić information content (AvgIpc) is 2.60. The third kappa shape index (κ3) is 4.07. The van der Waals surface area contributed by atoms with Gasteiger partial charge in [0.15, 0.2) is 0 Å². The molecule has 0 aliphatic heterocycles. The lowest BCUT2D eigenvalue weighted by molar-refractivity contribution is 0.0600. The van der Waals surface area contributed by atoms with E-state index in [1.165, 1.54) is 31.4 Å². The summed E-state index contributed by atoms with van der Waals surface area (Å²) in [5.41, 5.74) is 1.87. The summed E-state index contributed by atoms with van der Waals surface area (Å²) < 4.78 is 9.75. The lowest BCUT2D eigenvalue weighted by Crippen LogP contribution is -2.01. The Kier molecular flexibility index (Phi) is 5.30. The van der Waals surface area contributed by atoms with Crippen LogP contribution in [-0.2, 0) is 9.53 Å². The Balaban J connectivity index is 2.41. The smallest absolute Gasteiger partial charge is 0.337 e. The molecule has 114 valence electrons. The highest BCUT2D eigenvalue weighted by molar-refractivity contribution is 5.90. The van der Waals surface area contributed by atoms with Crippen LogP contribution in [0.3, 0.4) is 0 Å². The summed E-state index contributed by atoms with van der Waals surface area (Å²) in [6.07, 6.45) is 1.47. The zero-order chi connectivity index (χ0) is 16.7.